The monoisotopic (exact) mass is 666 g/mol. The van der Waals surface area contributed by atoms with Crippen molar-refractivity contribution in [3.8, 4) is 23.0 Å². The summed E-state index contributed by atoms with van der Waals surface area (Å²) in [5, 5.41) is 80.1. The molecule has 2 aromatic carbocycles. The van der Waals surface area contributed by atoms with Crippen LogP contribution in [0, 0.1) is 0 Å². The van der Waals surface area contributed by atoms with Gasteiger partial charge in [-0.05, 0) is 54.8 Å². The lowest BCUT2D eigenvalue weighted by Crippen LogP contribution is -2.65. The molecule has 0 saturated carbocycles. The van der Waals surface area contributed by atoms with E-state index in [9.17, 15) is 50.4 Å². The van der Waals surface area contributed by atoms with Crippen molar-refractivity contribution in [2.75, 3.05) is 13.2 Å². The molecule has 1 unspecified atom stereocenters. The van der Waals surface area contributed by atoms with E-state index in [1.54, 1.807) is 0 Å². The van der Waals surface area contributed by atoms with Gasteiger partial charge < -0.3 is 69.3 Å². The van der Waals surface area contributed by atoms with E-state index in [1.165, 1.54) is 49.4 Å². The van der Waals surface area contributed by atoms with E-state index in [1.807, 2.05) is 0 Å². The van der Waals surface area contributed by atoms with Gasteiger partial charge in [0.25, 0.3) is 0 Å². The van der Waals surface area contributed by atoms with E-state index in [-0.39, 0.29) is 30.3 Å². The van der Waals surface area contributed by atoms with Gasteiger partial charge in [-0.2, -0.15) is 0 Å². The summed E-state index contributed by atoms with van der Waals surface area (Å²) in [5.74, 6) is -3.31. The lowest BCUT2D eigenvalue weighted by molar-refractivity contribution is -0.358. The van der Waals surface area contributed by atoms with Gasteiger partial charge in [0.1, 0.15) is 30.5 Å². The maximum Gasteiger partial charge on any atom is 0.331 e. The molecule has 2 aliphatic rings. The Bertz CT molecular complexity index is 1410. The van der Waals surface area contributed by atoms with Crippen LogP contribution in [-0.2, 0) is 44.4 Å². The molecule has 16 heteroatoms. The van der Waals surface area contributed by atoms with E-state index in [4.69, 9.17) is 28.4 Å². The normalized spacial score (nSPS) is 31.0. The topological polar surface area (TPSA) is 251 Å². The Morgan fingerprint density at radius 2 is 1.49 bits per heavy atom. The SMILES string of the molecule is CC(=O)O[C@H]1[C@H](OCCc2ccc(O)c(O)c2)O[C@H](CO)C(OC(=O)/C=C\c2ccc(O)c(O)c2)[C@@H]1O[C@@H]1O[C@@H](C)[C@H](O)[C@@H](O)[C@H]1O. The zero-order chi connectivity index (χ0) is 34.4. The first kappa shape index (κ1) is 35.8. The Labute approximate surface area is 268 Å². The van der Waals surface area contributed by atoms with E-state index >= 15 is 0 Å². The van der Waals surface area contributed by atoms with E-state index < -0.39 is 85.7 Å². The molecule has 0 aliphatic carbocycles. The van der Waals surface area contributed by atoms with Crippen LogP contribution in [0.25, 0.3) is 6.08 Å². The molecule has 2 aromatic rings. The first-order valence-electron chi connectivity index (χ1n) is 14.6. The number of ether oxygens (including phenoxy) is 6. The molecule has 2 aliphatic heterocycles. The van der Waals surface area contributed by atoms with Crippen LogP contribution in [-0.4, -0.2) is 127 Å². The van der Waals surface area contributed by atoms with Crippen LogP contribution in [0.1, 0.15) is 25.0 Å². The summed E-state index contributed by atoms with van der Waals surface area (Å²) in [6.07, 6.45) is -12.7. The molecule has 0 amide bonds. The van der Waals surface area contributed by atoms with Gasteiger partial charge >= 0.3 is 11.9 Å². The number of carbonyl (C=O) groups is 2. The van der Waals surface area contributed by atoms with Gasteiger partial charge in [-0.25, -0.2) is 4.79 Å². The lowest BCUT2D eigenvalue weighted by Gasteiger charge is -2.47. The van der Waals surface area contributed by atoms with Crippen LogP contribution < -0.4 is 0 Å². The van der Waals surface area contributed by atoms with Crippen LogP contribution in [0.5, 0.6) is 23.0 Å². The lowest BCUT2D eigenvalue weighted by atomic mass is 9.96. The fourth-order valence-electron chi connectivity index (χ4n) is 5.05. The first-order chi connectivity index (χ1) is 22.3. The van der Waals surface area contributed by atoms with Crippen LogP contribution in [0.4, 0.5) is 0 Å². The minimum Gasteiger partial charge on any atom is -0.504 e. The fourth-order valence-corrected chi connectivity index (χ4v) is 5.05. The van der Waals surface area contributed by atoms with Gasteiger partial charge in [-0.3, -0.25) is 4.79 Å². The second-order valence-electron chi connectivity index (χ2n) is 11.0. The molecule has 47 heavy (non-hydrogen) atoms. The highest BCUT2D eigenvalue weighted by molar-refractivity contribution is 5.87. The smallest absolute Gasteiger partial charge is 0.331 e. The maximum absolute atomic E-state index is 13.0. The molecule has 8 N–H and O–H groups in total. The van der Waals surface area contributed by atoms with E-state index in [0.29, 0.717) is 11.1 Å². The third-order valence-corrected chi connectivity index (χ3v) is 7.55. The molecular formula is C31H38O16. The highest BCUT2D eigenvalue weighted by Crippen LogP contribution is 2.33. The highest BCUT2D eigenvalue weighted by atomic mass is 16.8. The third kappa shape index (κ3) is 8.88. The van der Waals surface area contributed by atoms with Crippen molar-refractivity contribution in [2.24, 2.45) is 0 Å². The largest absolute Gasteiger partial charge is 0.504 e. The number of esters is 2. The van der Waals surface area contributed by atoms with Crippen molar-refractivity contribution >= 4 is 18.0 Å². The number of aromatic hydroxyl groups is 4. The van der Waals surface area contributed by atoms with E-state index in [0.717, 1.165) is 13.0 Å². The number of hydrogen-bond donors (Lipinski definition) is 8. The minimum atomic E-state index is -1.81. The second kappa shape index (κ2) is 15.7. The van der Waals surface area contributed by atoms with Crippen LogP contribution in [0.2, 0.25) is 0 Å². The summed E-state index contributed by atoms with van der Waals surface area (Å²) in [5.41, 5.74) is 0.879. The van der Waals surface area contributed by atoms with Crippen molar-refractivity contribution in [3.05, 3.63) is 53.6 Å². The molecule has 0 aromatic heterocycles. The summed E-state index contributed by atoms with van der Waals surface area (Å²) < 4.78 is 34.4. The molecular weight excluding hydrogens is 628 g/mol. The Morgan fingerprint density at radius 1 is 0.809 bits per heavy atom. The highest BCUT2D eigenvalue weighted by Gasteiger charge is 2.54. The standard InChI is InChI=1S/C31H38O16/c1-14-24(39)25(40)26(41)30(43-14)47-28-27(46-23(38)8-5-16-3-6-18(34)20(36)11-16)22(13-32)45-31(29(28)44-15(2)33)42-10-9-17-4-7-19(35)21(37)12-17/h3-8,11-12,14,22,24-32,34-37,39-41H,9-10,13H2,1-2H3/b8-5-/t14-,22+,24-,25+,26+,27?,28-,29+,30-,31+/m0/s1. The van der Waals surface area contributed by atoms with Gasteiger partial charge in [-0.15, -0.1) is 0 Å². The zero-order valence-electron chi connectivity index (χ0n) is 25.4. The Balaban J connectivity index is 1.61. The average molecular weight is 667 g/mol. The third-order valence-electron chi connectivity index (χ3n) is 7.55. The molecule has 2 fully saturated rings. The van der Waals surface area contributed by atoms with Gasteiger partial charge in [0, 0.05) is 13.0 Å². The molecule has 2 heterocycles. The molecule has 258 valence electrons. The number of benzene rings is 2. The molecule has 10 atom stereocenters. The van der Waals surface area contributed by atoms with Gasteiger partial charge in [0.05, 0.1) is 19.3 Å². The predicted molar refractivity (Wildman–Crippen MR) is 157 cm³/mol. The zero-order valence-corrected chi connectivity index (χ0v) is 25.4. The van der Waals surface area contributed by atoms with Crippen LogP contribution in [0.3, 0.4) is 0 Å². The van der Waals surface area contributed by atoms with Gasteiger partial charge in [-0.1, -0.05) is 12.1 Å². The Morgan fingerprint density at radius 3 is 2.13 bits per heavy atom. The van der Waals surface area contributed by atoms with Crippen LogP contribution >= 0.6 is 0 Å². The minimum absolute atomic E-state index is 0.103. The average Bonchev–Trinajstić information content (AvgIpc) is 3.03. The van der Waals surface area contributed by atoms with Crippen LogP contribution in [0.15, 0.2) is 42.5 Å². The number of phenols is 4. The summed E-state index contributed by atoms with van der Waals surface area (Å²) >= 11 is 0. The van der Waals surface area contributed by atoms with Crippen molar-refractivity contribution in [2.45, 2.75) is 81.7 Å². The number of carbonyl (C=O) groups excluding carboxylic acids is 2. The van der Waals surface area contributed by atoms with Gasteiger partial charge in [0.2, 0.25) is 0 Å². The second-order valence-corrected chi connectivity index (χ2v) is 11.0. The molecule has 0 radical (unpaired) electrons. The summed E-state index contributed by atoms with van der Waals surface area (Å²) in [6.45, 7) is 1.62. The summed E-state index contributed by atoms with van der Waals surface area (Å²) in [4.78, 5) is 25.3. The molecule has 2 saturated heterocycles. The summed E-state index contributed by atoms with van der Waals surface area (Å²) in [7, 11) is 0. The Kier molecular flexibility index (Phi) is 12.0. The molecule has 16 nitrogen and oxygen atoms in total. The van der Waals surface area contributed by atoms with Crippen molar-refractivity contribution in [3.63, 3.8) is 0 Å². The van der Waals surface area contributed by atoms with Gasteiger partial charge in [0.15, 0.2) is 47.8 Å². The summed E-state index contributed by atoms with van der Waals surface area (Å²) in [6, 6.07) is 7.94. The number of aliphatic hydroxyl groups excluding tert-OH is 4. The number of hydrogen-bond acceptors (Lipinski definition) is 16. The maximum atomic E-state index is 13.0. The number of rotatable bonds is 11. The molecule has 0 bridgehead atoms. The molecule has 0 spiro atoms. The van der Waals surface area contributed by atoms with Crippen molar-refractivity contribution < 1.29 is 78.9 Å². The van der Waals surface area contributed by atoms with Crippen molar-refractivity contribution in [1.29, 1.82) is 0 Å². The number of aliphatic hydroxyl groups is 4. The fraction of sp³-hybridized carbons (Fsp3) is 0.484. The van der Waals surface area contributed by atoms with Crippen molar-refractivity contribution in [1.82, 2.24) is 0 Å². The quantitative estimate of drug-likeness (QED) is 0.0859. The number of phenolic OH excluding ortho intramolecular Hbond substituents is 4. The first-order valence-corrected chi connectivity index (χ1v) is 14.6. The van der Waals surface area contributed by atoms with E-state index in [2.05, 4.69) is 0 Å². The predicted octanol–water partition coefficient (Wildman–Crippen LogP) is -0.445. The Hall–Kier alpha value is -4.00. The molecule has 4 rings (SSSR count).